The minimum Gasteiger partial charge on any atom is -0.479 e. The van der Waals surface area contributed by atoms with Crippen molar-refractivity contribution in [2.45, 2.75) is 39.2 Å². The molecule has 0 aliphatic rings. The van der Waals surface area contributed by atoms with Gasteiger partial charge >= 0.3 is 5.97 Å². The molecule has 1 N–H and O–H groups in total. The van der Waals surface area contributed by atoms with Crippen LogP contribution in [-0.4, -0.2) is 24.6 Å². The van der Waals surface area contributed by atoms with Crippen LogP contribution in [0.3, 0.4) is 0 Å². The van der Waals surface area contributed by atoms with Gasteiger partial charge in [0.2, 0.25) is 0 Å². The maximum Gasteiger partial charge on any atom is 0.347 e. The molecule has 0 spiro atoms. The molecule has 0 unspecified atom stereocenters. The first kappa shape index (κ1) is 21.3. The fourth-order valence-corrected chi connectivity index (χ4v) is 2.32. The Hall–Kier alpha value is -2.96. The van der Waals surface area contributed by atoms with E-state index in [0.717, 1.165) is 23.8 Å². The van der Waals surface area contributed by atoms with Crippen molar-refractivity contribution in [2.75, 3.05) is 11.9 Å². The van der Waals surface area contributed by atoms with Crippen LogP contribution in [0.25, 0.3) is 0 Å². The molecule has 150 valence electrons. The monoisotopic (exact) mass is 391 g/mol. The predicted octanol–water partition coefficient (Wildman–Crippen LogP) is 4.21. The van der Waals surface area contributed by atoms with Gasteiger partial charge in [-0.3, -0.25) is 4.79 Å². The van der Waals surface area contributed by atoms with E-state index in [-0.39, 0.29) is 11.1 Å². The highest BCUT2D eigenvalue weighted by molar-refractivity contribution is 5.93. The summed E-state index contributed by atoms with van der Waals surface area (Å²) < 4.78 is 37.0. The van der Waals surface area contributed by atoms with Crippen LogP contribution in [-0.2, 0) is 19.7 Å². The lowest BCUT2D eigenvalue weighted by atomic mass is 9.87. The van der Waals surface area contributed by atoms with E-state index < -0.39 is 36.2 Å². The van der Waals surface area contributed by atoms with Crippen LogP contribution in [0.2, 0.25) is 0 Å². The Balaban J connectivity index is 1.85. The summed E-state index contributed by atoms with van der Waals surface area (Å²) in [6, 6.07) is 9.98. The summed E-state index contributed by atoms with van der Waals surface area (Å²) in [5, 5.41) is 2.14. The van der Waals surface area contributed by atoms with E-state index in [9.17, 15) is 18.4 Å². The fourth-order valence-electron chi connectivity index (χ4n) is 2.32. The lowest BCUT2D eigenvalue weighted by molar-refractivity contribution is -0.153. The molecule has 0 aromatic heterocycles. The molecule has 7 heteroatoms. The van der Waals surface area contributed by atoms with Gasteiger partial charge in [0.1, 0.15) is 17.4 Å². The van der Waals surface area contributed by atoms with Gasteiger partial charge in [-0.25, -0.2) is 13.6 Å². The molecule has 0 saturated heterocycles. The van der Waals surface area contributed by atoms with Crippen LogP contribution >= 0.6 is 0 Å². The van der Waals surface area contributed by atoms with E-state index >= 15 is 0 Å². The van der Waals surface area contributed by atoms with Crippen molar-refractivity contribution in [3.05, 3.63) is 59.7 Å². The number of rotatable bonds is 6. The highest BCUT2D eigenvalue weighted by Crippen LogP contribution is 2.24. The zero-order chi connectivity index (χ0) is 20.9. The van der Waals surface area contributed by atoms with Crippen molar-refractivity contribution < 1.29 is 27.8 Å². The van der Waals surface area contributed by atoms with Crippen molar-refractivity contribution in [3.8, 4) is 5.75 Å². The zero-order valence-corrected chi connectivity index (χ0v) is 16.2. The molecule has 2 aromatic rings. The van der Waals surface area contributed by atoms with E-state index in [4.69, 9.17) is 9.47 Å². The number of anilines is 1. The summed E-state index contributed by atoms with van der Waals surface area (Å²) in [6.07, 6.45) is -0.945. The topological polar surface area (TPSA) is 64.6 Å². The predicted molar refractivity (Wildman–Crippen MR) is 101 cm³/mol. The first-order valence-corrected chi connectivity index (χ1v) is 8.75. The molecule has 0 fully saturated rings. The second kappa shape index (κ2) is 8.82. The molecule has 1 amide bonds. The second-order valence-electron chi connectivity index (χ2n) is 7.31. The Morgan fingerprint density at radius 1 is 1.07 bits per heavy atom. The molecule has 0 heterocycles. The van der Waals surface area contributed by atoms with Gasteiger partial charge in [-0.2, -0.15) is 0 Å². The molecular weight excluding hydrogens is 368 g/mol. The van der Waals surface area contributed by atoms with Gasteiger partial charge in [0.05, 0.1) is 5.69 Å². The molecule has 0 aliphatic carbocycles. The number of halogens is 2. The fraction of sp³-hybridized carbons (Fsp3) is 0.333. The smallest absolute Gasteiger partial charge is 0.347 e. The number of esters is 1. The number of amides is 1. The Morgan fingerprint density at radius 2 is 1.71 bits per heavy atom. The first-order valence-electron chi connectivity index (χ1n) is 8.75. The largest absolute Gasteiger partial charge is 0.479 e. The SMILES string of the molecule is C[C@H](Oc1ccc(C(C)(C)C)cc1)C(=O)OCC(=O)Nc1cc(F)ccc1F. The van der Waals surface area contributed by atoms with Crippen LogP contribution in [0, 0.1) is 11.6 Å². The first-order chi connectivity index (χ1) is 13.1. The Morgan fingerprint density at radius 3 is 2.32 bits per heavy atom. The number of hydrogen-bond donors (Lipinski definition) is 1. The van der Waals surface area contributed by atoms with Gasteiger partial charge in [-0.05, 0) is 42.2 Å². The zero-order valence-electron chi connectivity index (χ0n) is 16.2. The molecule has 0 radical (unpaired) electrons. The summed E-state index contributed by atoms with van der Waals surface area (Å²) in [5.41, 5.74) is 0.790. The highest BCUT2D eigenvalue weighted by atomic mass is 19.1. The molecule has 28 heavy (non-hydrogen) atoms. The second-order valence-corrected chi connectivity index (χ2v) is 7.31. The van der Waals surface area contributed by atoms with Crippen LogP contribution in [0.1, 0.15) is 33.3 Å². The van der Waals surface area contributed by atoms with Gasteiger partial charge in [0.25, 0.3) is 5.91 Å². The minimum absolute atomic E-state index is 0.00240. The molecule has 2 rings (SSSR count). The average molecular weight is 391 g/mol. The number of carbonyl (C=O) groups excluding carboxylic acids is 2. The molecule has 0 saturated carbocycles. The van der Waals surface area contributed by atoms with Crippen molar-refractivity contribution >= 4 is 17.6 Å². The Kier molecular flexibility index (Phi) is 6.72. The quantitative estimate of drug-likeness (QED) is 0.749. The standard InChI is InChI=1S/C21H23F2NO4/c1-13(28-16-8-5-14(6-9-16)21(2,3)4)20(26)27-12-19(25)24-18-11-15(22)7-10-17(18)23/h5-11,13H,12H2,1-4H3,(H,24,25)/t13-/m0/s1. The molecule has 2 aromatic carbocycles. The van der Waals surface area contributed by atoms with Crippen molar-refractivity contribution in [1.29, 1.82) is 0 Å². The molecule has 5 nitrogen and oxygen atoms in total. The van der Waals surface area contributed by atoms with Gasteiger partial charge < -0.3 is 14.8 Å². The molecule has 0 aliphatic heterocycles. The third-order valence-electron chi connectivity index (χ3n) is 3.91. The summed E-state index contributed by atoms with van der Waals surface area (Å²) in [6.45, 7) is 7.10. The maximum absolute atomic E-state index is 13.5. The van der Waals surface area contributed by atoms with Crippen molar-refractivity contribution in [1.82, 2.24) is 0 Å². The van der Waals surface area contributed by atoms with E-state index in [1.54, 1.807) is 12.1 Å². The summed E-state index contributed by atoms with van der Waals surface area (Å²) in [5.74, 6) is -2.55. The van der Waals surface area contributed by atoms with Crippen molar-refractivity contribution in [3.63, 3.8) is 0 Å². The molecule has 1 atom stereocenters. The lowest BCUT2D eigenvalue weighted by Gasteiger charge is -2.20. The normalized spacial score (nSPS) is 12.2. The van der Waals surface area contributed by atoms with E-state index in [1.165, 1.54) is 6.92 Å². The van der Waals surface area contributed by atoms with Crippen LogP contribution in [0.15, 0.2) is 42.5 Å². The maximum atomic E-state index is 13.5. The van der Waals surface area contributed by atoms with E-state index in [2.05, 4.69) is 26.1 Å². The van der Waals surface area contributed by atoms with Gasteiger partial charge in [0.15, 0.2) is 12.7 Å². The van der Waals surface area contributed by atoms with Gasteiger partial charge in [0, 0.05) is 6.07 Å². The third-order valence-corrected chi connectivity index (χ3v) is 3.91. The van der Waals surface area contributed by atoms with Crippen LogP contribution in [0.5, 0.6) is 5.75 Å². The number of ether oxygens (including phenoxy) is 2. The highest BCUT2D eigenvalue weighted by Gasteiger charge is 2.19. The van der Waals surface area contributed by atoms with Gasteiger partial charge in [-0.15, -0.1) is 0 Å². The van der Waals surface area contributed by atoms with Crippen LogP contribution < -0.4 is 10.1 Å². The van der Waals surface area contributed by atoms with Crippen molar-refractivity contribution in [2.24, 2.45) is 0 Å². The van der Waals surface area contributed by atoms with Gasteiger partial charge in [-0.1, -0.05) is 32.9 Å². The molecular formula is C21H23F2NO4. The average Bonchev–Trinajstić information content (AvgIpc) is 2.62. The van der Waals surface area contributed by atoms with E-state index in [0.29, 0.717) is 5.75 Å². The minimum atomic E-state index is -0.945. The summed E-state index contributed by atoms with van der Waals surface area (Å²) in [7, 11) is 0. The number of hydrogen-bond acceptors (Lipinski definition) is 4. The Bertz CT molecular complexity index is 844. The number of benzene rings is 2. The molecule has 0 bridgehead atoms. The van der Waals surface area contributed by atoms with Crippen LogP contribution in [0.4, 0.5) is 14.5 Å². The number of nitrogens with one attached hydrogen (secondary N) is 1. The number of carbonyl (C=O) groups is 2. The van der Waals surface area contributed by atoms with E-state index in [1.807, 2.05) is 12.1 Å². The summed E-state index contributed by atoms with van der Waals surface area (Å²) in [4.78, 5) is 23.8. The third kappa shape index (κ3) is 6.04. The lowest BCUT2D eigenvalue weighted by Crippen LogP contribution is -2.30. The Labute approximate surface area is 162 Å². The summed E-state index contributed by atoms with van der Waals surface area (Å²) >= 11 is 0.